The van der Waals surface area contributed by atoms with Crippen LogP contribution in [0.3, 0.4) is 0 Å². The van der Waals surface area contributed by atoms with Gasteiger partial charge in [0.2, 0.25) is 0 Å². The molecule has 0 atom stereocenters. The van der Waals surface area contributed by atoms with Crippen molar-refractivity contribution in [3.63, 3.8) is 0 Å². The third-order valence-electron chi connectivity index (χ3n) is 3.26. The molecule has 0 heterocycles. The standard InChI is InChI=1S/C15H21NO5/c1-2-7-13(12-21-16(18)19)8-6-11-20-15(17)14-9-4-3-5-10-14/h2,6-8,14H,1,3-5,9-12H2/b8-6-,13-7+. The molecule has 0 aromatic carbocycles. The zero-order valence-corrected chi connectivity index (χ0v) is 12.0. The summed E-state index contributed by atoms with van der Waals surface area (Å²) < 4.78 is 5.18. The molecule has 0 aromatic heterocycles. The van der Waals surface area contributed by atoms with Gasteiger partial charge in [-0.1, -0.05) is 44.1 Å². The number of esters is 1. The second-order valence-corrected chi connectivity index (χ2v) is 4.84. The predicted octanol–water partition coefficient (Wildman–Crippen LogP) is 2.99. The van der Waals surface area contributed by atoms with Crippen molar-refractivity contribution in [2.45, 2.75) is 32.1 Å². The van der Waals surface area contributed by atoms with Crippen molar-refractivity contribution >= 4 is 5.97 Å². The summed E-state index contributed by atoms with van der Waals surface area (Å²) in [6, 6.07) is 0. The van der Waals surface area contributed by atoms with Gasteiger partial charge in [-0.05, 0) is 24.5 Å². The maximum atomic E-state index is 11.8. The number of hydrogen-bond acceptors (Lipinski definition) is 5. The summed E-state index contributed by atoms with van der Waals surface area (Å²) in [7, 11) is 0. The van der Waals surface area contributed by atoms with E-state index in [2.05, 4.69) is 11.4 Å². The number of rotatable bonds is 8. The van der Waals surface area contributed by atoms with Crippen LogP contribution in [0.15, 0.2) is 36.5 Å². The van der Waals surface area contributed by atoms with Gasteiger partial charge in [-0.2, -0.15) is 0 Å². The smallest absolute Gasteiger partial charge is 0.309 e. The molecule has 0 aliphatic heterocycles. The molecule has 0 amide bonds. The number of carbonyl (C=O) groups excluding carboxylic acids is 1. The summed E-state index contributed by atoms with van der Waals surface area (Å²) in [5, 5.41) is 9.29. The Kier molecular flexibility index (Phi) is 7.86. The molecule has 1 saturated carbocycles. The first-order valence-corrected chi connectivity index (χ1v) is 7.05. The van der Waals surface area contributed by atoms with Gasteiger partial charge >= 0.3 is 5.97 Å². The number of nitrogens with zero attached hydrogens (tertiary/aromatic N) is 1. The normalized spacial score (nSPS) is 16.7. The fourth-order valence-corrected chi connectivity index (χ4v) is 2.22. The lowest BCUT2D eigenvalue weighted by Gasteiger charge is -2.19. The topological polar surface area (TPSA) is 78.7 Å². The molecule has 6 nitrogen and oxygen atoms in total. The first-order chi connectivity index (χ1) is 10.1. The van der Waals surface area contributed by atoms with E-state index in [0.717, 1.165) is 25.7 Å². The second-order valence-electron chi connectivity index (χ2n) is 4.84. The average molecular weight is 295 g/mol. The Balaban J connectivity index is 2.33. The molecular weight excluding hydrogens is 274 g/mol. The van der Waals surface area contributed by atoms with E-state index in [0.29, 0.717) is 5.57 Å². The van der Waals surface area contributed by atoms with E-state index in [1.54, 1.807) is 18.2 Å². The Labute approximate surface area is 124 Å². The quantitative estimate of drug-likeness (QED) is 0.298. The average Bonchev–Trinajstić information content (AvgIpc) is 2.49. The van der Waals surface area contributed by atoms with Crippen LogP contribution in [0.25, 0.3) is 0 Å². The molecule has 0 aromatic rings. The van der Waals surface area contributed by atoms with Crippen LogP contribution < -0.4 is 0 Å². The van der Waals surface area contributed by atoms with E-state index in [1.165, 1.54) is 12.5 Å². The summed E-state index contributed by atoms with van der Waals surface area (Å²) >= 11 is 0. The monoisotopic (exact) mass is 295 g/mol. The molecule has 1 aliphatic rings. The summed E-state index contributed by atoms with van der Waals surface area (Å²) in [6.07, 6.45) is 11.5. The fraction of sp³-hybridized carbons (Fsp3) is 0.533. The molecule has 116 valence electrons. The van der Waals surface area contributed by atoms with Crippen molar-refractivity contribution in [2.24, 2.45) is 5.92 Å². The molecule has 0 bridgehead atoms. The minimum Gasteiger partial charge on any atom is -0.461 e. The van der Waals surface area contributed by atoms with Gasteiger partial charge in [-0.25, -0.2) is 0 Å². The van der Waals surface area contributed by atoms with Gasteiger partial charge in [0.25, 0.3) is 5.09 Å². The highest BCUT2D eigenvalue weighted by atomic mass is 16.9. The Morgan fingerprint density at radius 2 is 2.05 bits per heavy atom. The van der Waals surface area contributed by atoms with Crippen LogP contribution >= 0.6 is 0 Å². The van der Waals surface area contributed by atoms with Crippen LogP contribution in [0.1, 0.15) is 32.1 Å². The van der Waals surface area contributed by atoms with E-state index in [-0.39, 0.29) is 25.1 Å². The van der Waals surface area contributed by atoms with Crippen LogP contribution in [-0.2, 0) is 14.4 Å². The summed E-state index contributed by atoms with van der Waals surface area (Å²) in [4.78, 5) is 26.2. The number of ether oxygens (including phenoxy) is 1. The molecule has 0 unspecified atom stereocenters. The second kappa shape index (κ2) is 9.74. The van der Waals surface area contributed by atoms with Crippen LogP contribution in [0, 0.1) is 16.0 Å². The van der Waals surface area contributed by atoms with Gasteiger partial charge in [0.05, 0.1) is 5.92 Å². The van der Waals surface area contributed by atoms with E-state index >= 15 is 0 Å². The van der Waals surface area contributed by atoms with Crippen LogP contribution in [-0.4, -0.2) is 24.3 Å². The lowest BCUT2D eigenvalue weighted by atomic mass is 9.89. The number of allylic oxidation sites excluding steroid dienone is 2. The third kappa shape index (κ3) is 7.29. The van der Waals surface area contributed by atoms with Crippen molar-refractivity contribution in [2.75, 3.05) is 13.2 Å². The highest BCUT2D eigenvalue weighted by molar-refractivity contribution is 5.72. The Morgan fingerprint density at radius 3 is 2.67 bits per heavy atom. The van der Waals surface area contributed by atoms with Gasteiger partial charge in [0, 0.05) is 0 Å². The molecular formula is C15H21NO5. The van der Waals surface area contributed by atoms with Gasteiger partial charge in [-0.3, -0.25) is 4.79 Å². The van der Waals surface area contributed by atoms with Gasteiger partial charge in [0.15, 0.2) is 0 Å². The number of carbonyl (C=O) groups is 1. The molecule has 0 N–H and O–H groups in total. The molecule has 0 saturated heterocycles. The molecule has 21 heavy (non-hydrogen) atoms. The van der Waals surface area contributed by atoms with E-state index in [4.69, 9.17) is 4.74 Å². The highest BCUT2D eigenvalue weighted by Gasteiger charge is 2.21. The molecule has 0 spiro atoms. The minimum atomic E-state index is -0.853. The van der Waals surface area contributed by atoms with Crippen LogP contribution in [0.4, 0.5) is 0 Å². The maximum absolute atomic E-state index is 11.8. The van der Waals surface area contributed by atoms with Gasteiger partial charge in [-0.15, -0.1) is 10.1 Å². The predicted molar refractivity (Wildman–Crippen MR) is 77.9 cm³/mol. The molecule has 1 fully saturated rings. The van der Waals surface area contributed by atoms with Crippen LogP contribution in [0.2, 0.25) is 0 Å². The van der Waals surface area contributed by atoms with Gasteiger partial charge < -0.3 is 9.57 Å². The van der Waals surface area contributed by atoms with Crippen molar-refractivity contribution in [1.82, 2.24) is 0 Å². The maximum Gasteiger partial charge on any atom is 0.309 e. The summed E-state index contributed by atoms with van der Waals surface area (Å²) in [6.45, 7) is 3.52. The lowest BCUT2D eigenvalue weighted by Crippen LogP contribution is -2.20. The van der Waals surface area contributed by atoms with Crippen LogP contribution in [0.5, 0.6) is 0 Å². The zero-order valence-electron chi connectivity index (χ0n) is 12.0. The Bertz CT molecular complexity index is 422. The minimum absolute atomic E-state index is 0.0214. The van der Waals surface area contributed by atoms with E-state index in [1.807, 2.05) is 0 Å². The Morgan fingerprint density at radius 1 is 1.33 bits per heavy atom. The largest absolute Gasteiger partial charge is 0.461 e. The third-order valence-corrected chi connectivity index (χ3v) is 3.26. The first kappa shape index (κ1) is 16.9. The van der Waals surface area contributed by atoms with Crippen molar-refractivity contribution in [3.8, 4) is 0 Å². The molecule has 0 radical (unpaired) electrons. The van der Waals surface area contributed by atoms with Crippen molar-refractivity contribution in [3.05, 3.63) is 46.6 Å². The van der Waals surface area contributed by atoms with E-state index in [9.17, 15) is 14.9 Å². The molecule has 6 heteroatoms. The fourth-order valence-electron chi connectivity index (χ4n) is 2.22. The van der Waals surface area contributed by atoms with E-state index < -0.39 is 5.09 Å². The molecule has 1 rings (SSSR count). The lowest BCUT2D eigenvalue weighted by molar-refractivity contribution is -0.755. The zero-order chi connectivity index (χ0) is 15.5. The van der Waals surface area contributed by atoms with Crippen molar-refractivity contribution in [1.29, 1.82) is 0 Å². The summed E-state index contributed by atoms with van der Waals surface area (Å²) in [5.41, 5.74) is 0.579. The molecule has 1 aliphatic carbocycles. The SMILES string of the molecule is C=C/C=C(\C=C/COC(=O)C1CCCCC1)CO[N+](=O)[O-]. The van der Waals surface area contributed by atoms with Gasteiger partial charge in [0.1, 0.15) is 13.2 Å². The number of hydrogen-bond donors (Lipinski definition) is 0. The van der Waals surface area contributed by atoms with Crippen molar-refractivity contribution < 1.29 is 19.5 Å². The highest BCUT2D eigenvalue weighted by Crippen LogP contribution is 2.24. The Hall–Kier alpha value is -2.11. The summed E-state index contributed by atoms with van der Waals surface area (Å²) in [5.74, 6) is -0.136. The first-order valence-electron chi connectivity index (χ1n) is 7.05.